The highest BCUT2D eigenvalue weighted by molar-refractivity contribution is 5.99. The van der Waals surface area contributed by atoms with Crippen molar-refractivity contribution < 1.29 is 9.59 Å². The van der Waals surface area contributed by atoms with E-state index >= 15 is 0 Å². The Balaban J connectivity index is 1.36. The van der Waals surface area contributed by atoms with Gasteiger partial charge in [0, 0.05) is 49.9 Å². The molecular formula is C22H31N3O3. The van der Waals surface area contributed by atoms with E-state index in [-0.39, 0.29) is 23.7 Å². The standard InChI is InChI=1S/C22H31N3O3/c1-2-18-6-3-4-9-24(18)22(28)11-19(26)15-23-12-16-10-17(14-23)20-7-5-8-21(27)25(20)13-16/h5,7-8,16-18H,2-4,6,9-15H2,1H3. The minimum atomic E-state index is 0.00523. The van der Waals surface area contributed by atoms with Gasteiger partial charge in [-0.1, -0.05) is 13.0 Å². The molecule has 6 nitrogen and oxygen atoms in total. The van der Waals surface area contributed by atoms with Crippen LogP contribution in [0.3, 0.4) is 0 Å². The van der Waals surface area contributed by atoms with Gasteiger partial charge < -0.3 is 9.47 Å². The summed E-state index contributed by atoms with van der Waals surface area (Å²) in [6, 6.07) is 5.80. The average molecular weight is 386 g/mol. The second kappa shape index (κ2) is 8.19. The quantitative estimate of drug-likeness (QED) is 0.728. The van der Waals surface area contributed by atoms with Gasteiger partial charge in [0.15, 0.2) is 5.78 Å². The predicted octanol–water partition coefficient (Wildman–Crippen LogP) is 2.02. The van der Waals surface area contributed by atoms with Crippen LogP contribution in [-0.2, 0) is 16.1 Å². The molecule has 2 bridgehead atoms. The largest absolute Gasteiger partial charge is 0.339 e. The van der Waals surface area contributed by atoms with E-state index in [2.05, 4.69) is 11.8 Å². The fourth-order valence-electron chi connectivity index (χ4n) is 5.45. The molecule has 0 spiro atoms. The first-order valence-corrected chi connectivity index (χ1v) is 10.8. The summed E-state index contributed by atoms with van der Waals surface area (Å²) in [5.41, 5.74) is 1.17. The normalized spacial score (nSPS) is 27.3. The number of amides is 1. The van der Waals surface area contributed by atoms with Crippen LogP contribution in [0, 0.1) is 5.92 Å². The van der Waals surface area contributed by atoms with Gasteiger partial charge in [-0.15, -0.1) is 0 Å². The number of carbonyl (C=O) groups is 2. The lowest BCUT2D eigenvalue weighted by atomic mass is 9.83. The maximum Gasteiger partial charge on any atom is 0.250 e. The molecule has 0 aliphatic carbocycles. The summed E-state index contributed by atoms with van der Waals surface area (Å²) in [7, 11) is 0. The number of piperidine rings is 2. The van der Waals surface area contributed by atoms with Gasteiger partial charge >= 0.3 is 0 Å². The smallest absolute Gasteiger partial charge is 0.250 e. The van der Waals surface area contributed by atoms with E-state index in [0.717, 1.165) is 57.6 Å². The van der Waals surface area contributed by atoms with Crippen LogP contribution in [0.15, 0.2) is 23.0 Å². The Bertz CT molecular complexity index is 802. The van der Waals surface area contributed by atoms with Crippen molar-refractivity contribution in [3.63, 3.8) is 0 Å². The highest BCUT2D eigenvalue weighted by Crippen LogP contribution is 2.34. The number of hydrogen-bond donors (Lipinski definition) is 0. The molecule has 3 aliphatic rings. The minimum absolute atomic E-state index is 0.00523. The van der Waals surface area contributed by atoms with Crippen molar-refractivity contribution in [2.75, 3.05) is 26.2 Å². The van der Waals surface area contributed by atoms with Gasteiger partial charge in [0.1, 0.15) is 0 Å². The summed E-state index contributed by atoms with van der Waals surface area (Å²) in [6.07, 6.45) is 5.36. The molecular weight excluding hydrogens is 354 g/mol. The number of nitrogens with zero attached hydrogens (tertiary/aromatic N) is 3. The van der Waals surface area contributed by atoms with E-state index in [1.54, 1.807) is 6.07 Å². The SMILES string of the molecule is CCC1CCCCN1C(=O)CC(=O)CN1CC2CC(C1)c1cccc(=O)n1C2. The molecule has 3 aliphatic heterocycles. The molecule has 2 saturated heterocycles. The van der Waals surface area contributed by atoms with Crippen molar-refractivity contribution in [3.05, 3.63) is 34.2 Å². The summed E-state index contributed by atoms with van der Waals surface area (Å²) in [6.45, 7) is 5.62. The molecule has 1 aromatic heterocycles. The van der Waals surface area contributed by atoms with Gasteiger partial charge in [-0.2, -0.15) is 0 Å². The molecule has 2 fully saturated rings. The number of Topliss-reactive ketones (excluding diaryl/α,β-unsaturated/α-hetero) is 1. The van der Waals surface area contributed by atoms with Gasteiger partial charge in [0.25, 0.3) is 5.56 Å². The molecule has 4 heterocycles. The Labute approximate surface area is 166 Å². The highest BCUT2D eigenvalue weighted by atomic mass is 16.2. The topological polar surface area (TPSA) is 62.6 Å². The molecule has 0 N–H and O–H groups in total. The third-order valence-corrected chi connectivity index (χ3v) is 6.72. The lowest BCUT2D eigenvalue weighted by molar-refractivity contribution is -0.138. The summed E-state index contributed by atoms with van der Waals surface area (Å²) in [5.74, 6) is 0.736. The Morgan fingerprint density at radius 3 is 2.82 bits per heavy atom. The zero-order valence-electron chi connectivity index (χ0n) is 16.8. The van der Waals surface area contributed by atoms with Crippen LogP contribution in [0.5, 0.6) is 0 Å². The molecule has 1 aromatic rings. The second-order valence-electron chi connectivity index (χ2n) is 8.75. The monoisotopic (exact) mass is 385 g/mol. The first-order valence-electron chi connectivity index (χ1n) is 10.8. The van der Waals surface area contributed by atoms with E-state index in [1.807, 2.05) is 21.6 Å². The van der Waals surface area contributed by atoms with Crippen molar-refractivity contribution >= 4 is 11.7 Å². The molecule has 6 heteroatoms. The zero-order valence-corrected chi connectivity index (χ0v) is 16.8. The Morgan fingerprint density at radius 1 is 1.14 bits per heavy atom. The average Bonchev–Trinajstić information content (AvgIpc) is 2.68. The summed E-state index contributed by atoms with van der Waals surface area (Å²) in [4.78, 5) is 41.6. The van der Waals surface area contributed by atoms with Crippen LogP contribution >= 0.6 is 0 Å². The molecule has 0 aromatic carbocycles. The summed E-state index contributed by atoms with van der Waals surface area (Å²) < 4.78 is 1.91. The van der Waals surface area contributed by atoms with Crippen molar-refractivity contribution in [1.29, 1.82) is 0 Å². The number of hydrogen-bond acceptors (Lipinski definition) is 4. The molecule has 0 radical (unpaired) electrons. The zero-order chi connectivity index (χ0) is 19.7. The van der Waals surface area contributed by atoms with Crippen molar-refractivity contribution in [2.24, 2.45) is 5.92 Å². The molecule has 0 saturated carbocycles. The van der Waals surface area contributed by atoms with Crippen LogP contribution in [0.4, 0.5) is 0 Å². The third-order valence-electron chi connectivity index (χ3n) is 6.72. The van der Waals surface area contributed by atoms with E-state index < -0.39 is 0 Å². The van der Waals surface area contributed by atoms with Gasteiger partial charge in [0.2, 0.25) is 5.91 Å². The number of fused-ring (bicyclic) bond motifs is 4. The Kier molecular flexibility index (Phi) is 5.67. The van der Waals surface area contributed by atoms with Crippen molar-refractivity contribution in [2.45, 2.75) is 64.0 Å². The molecule has 152 valence electrons. The van der Waals surface area contributed by atoms with Crippen LogP contribution < -0.4 is 5.56 Å². The maximum absolute atomic E-state index is 12.7. The summed E-state index contributed by atoms with van der Waals surface area (Å²) >= 11 is 0. The van der Waals surface area contributed by atoms with Crippen molar-refractivity contribution in [1.82, 2.24) is 14.4 Å². The minimum Gasteiger partial charge on any atom is -0.339 e. The maximum atomic E-state index is 12.7. The first kappa shape index (κ1) is 19.4. The number of rotatable bonds is 5. The van der Waals surface area contributed by atoms with E-state index in [9.17, 15) is 14.4 Å². The van der Waals surface area contributed by atoms with E-state index in [1.165, 1.54) is 6.42 Å². The fourth-order valence-corrected chi connectivity index (χ4v) is 5.45. The number of ketones is 1. The second-order valence-corrected chi connectivity index (χ2v) is 8.75. The first-order chi connectivity index (χ1) is 13.5. The number of pyridine rings is 1. The number of likely N-dealkylation sites (tertiary alicyclic amines) is 2. The van der Waals surface area contributed by atoms with Gasteiger partial charge in [-0.25, -0.2) is 0 Å². The molecule has 3 atom stereocenters. The predicted molar refractivity (Wildman–Crippen MR) is 107 cm³/mol. The third kappa shape index (κ3) is 3.93. The number of carbonyl (C=O) groups excluding carboxylic acids is 2. The lowest BCUT2D eigenvalue weighted by Crippen LogP contribution is -2.49. The molecule has 28 heavy (non-hydrogen) atoms. The van der Waals surface area contributed by atoms with Gasteiger partial charge in [0.05, 0.1) is 13.0 Å². The fraction of sp³-hybridized carbons (Fsp3) is 0.682. The Hall–Kier alpha value is -1.95. The van der Waals surface area contributed by atoms with E-state index in [4.69, 9.17) is 0 Å². The van der Waals surface area contributed by atoms with Crippen LogP contribution in [0.1, 0.15) is 57.1 Å². The van der Waals surface area contributed by atoms with Crippen LogP contribution in [0.25, 0.3) is 0 Å². The molecule has 4 rings (SSSR count). The van der Waals surface area contributed by atoms with Crippen LogP contribution in [0.2, 0.25) is 0 Å². The molecule has 3 unspecified atom stereocenters. The lowest BCUT2D eigenvalue weighted by Gasteiger charge is -2.42. The van der Waals surface area contributed by atoms with E-state index in [0.29, 0.717) is 24.4 Å². The van der Waals surface area contributed by atoms with Gasteiger partial charge in [-0.3, -0.25) is 19.3 Å². The van der Waals surface area contributed by atoms with Crippen molar-refractivity contribution in [3.8, 4) is 0 Å². The highest BCUT2D eigenvalue weighted by Gasteiger charge is 2.35. The molecule has 1 amide bonds. The number of aromatic nitrogens is 1. The van der Waals surface area contributed by atoms with Gasteiger partial charge in [-0.05, 0) is 44.1 Å². The van der Waals surface area contributed by atoms with Crippen LogP contribution in [-0.4, -0.2) is 58.3 Å². The Morgan fingerprint density at radius 2 is 2.00 bits per heavy atom. The summed E-state index contributed by atoms with van der Waals surface area (Å²) in [5, 5.41) is 0.